The van der Waals surface area contributed by atoms with Gasteiger partial charge < -0.3 is 9.80 Å². The van der Waals surface area contributed by atoms with Crippen LogP contribution in [0.2, 0.25) is 0 Å². The number of nitrogens with zero attached hydrogens (tertiary/aromatic N) is 3. The van der Waals surface area contributed by atoms with Crippen molar-refractivity contribution in [3.05, 3.63) is 52.4 Å². The molecule has 1 aromatic carbocycles. The molecule has 122 valence electrons. The van der Waals surface area contributed by atoms with Crippen molar-refractivity contribution in [3.63, 3.8) is 0 Å². The smallest absolute Gasteiger partial charge is 0.142 e. The van der Waals surface area contributed by atoms with Gasteiger partial charge in [-0.1, -0.05) is 67.2 Å². The van der Waals surface area contributed by atoms with Crippen LogP contribution in [0.4, 0.5) is 0 Å². The second kappa shape index (κ2) is 7.41. The van der Waals surface area contributed by atoms with Gasteiger partial charge in [0.2, 0.25) is 0 Å². The Morgan fingerprint density at radius 2 is 1.78 bits per heavy atom. The van der Waals surface area contributed by atoms with Crippen molar-refractivity contribution >= 4 is 34.1 Å². The van der Waals surface area contributed by atoms with E-state index in [1.807, 2.05) is 18.2 Å². The van der Waals surface area contributed by atoms with E-state index in [9.17, 15) is 0 Å². The van der Waals surface area contributed by atoms with E-state index in [0.717, 1.165) is 36.2 Å². The standard InChI is InChI=1S/C18H21Cl2N3/c1-2-3-6-11-22-13-23(18(20)17(22)19)12-15-10-9-14-7-4-5-8-16(14)21-15/h4-5,7-10H,2-3,6,11-13H2,1H3. The van der Waals surface area contributed by atoms with Crippen molar-refractivity contribution in [2.24, 2.45) is 0 Å². The number of hydrogen-bond acceptors (Lipinski definition) is 3. The molecule has 0 bridgehead atoms. The topological polar surface area (TPSA) is 19.4 Å². The van der Waals surface area contributed by atoms with Gasteiger partial charge in [0.05, 0.1) is 24.4 Å². The molecule has 23 heavy (non-hydrogen) atoms. The summed E-state index contributed by atoms with van der Waals surface area (Å²) < 4.78 is 0. The quantitative estimate of drug-likeness (QED) is 0.533. The maximum atomic E-state index is 6.41. The van der Waals surface area contributed by atoms with E-state index in [0.29, 0.717) is 16.9 Å². The molecule has 0 unspecified atom stereocenters. The van der Waals surface area contributed by atoms with E-state index in [-0.39, 0.29) is 0 Å². The summed E-state index contributed by atoms with van der Waals surface area (Å²) in [6.07, 6.45) is 3.55. The third-order valence-corrected chi connectivity index (χ3v) is 5.04. The van der Waals surface area contributed by atoms with Crippen molar-refractivity contribution in [1.82, 2.24) is 14.8 Å². The Labute approximate surface area is 147 Å². The second-order valence-corrected chi connectivity index (χ2v) is 6.60. The Bertz CT molecular complexity index is 714. The minimum Gasteiger partial charge on any atom is -0.342 e. The van der Waals surface area contributed by atoms with Crippen molar-refractivity contribution < 1.29 is 0 Å². The maximum absolute atomic E-state index is 6.41. The highest BCUT2D eigenvalue weighted by atomic mass is 35.5. The van der Waals surface area contributed by atoms with Gasteiger partial charge >= 0.3 is 0 Å². The fourth-order valence-electron chi connectivity index (χ4n) is 2.82. The molecule has 3 rings (SSSR count). The Kier molecular flexibility index (Phi) is 5.29. The Morgan fingerprint density at radius 3 is 2.61 bits per heavy atom. The molecule has 0 fully saturated rings. The predicted molar refractivity (Wildman–Crippen MR) is 97.1 cm³/mol. The summed E-state index contributed by atoms with van der Waals surface area (Å²) in [5.41, 5.74) is 2.01. The lowest BCUT2D eigenvalue weighted by atomic mass is 10.2. The fraction of sp³-hybridized carbons (Fsp3) is 0.389. The molecule has 2 aromatic rings. The van der Waals surface area contributed by atoms with Crippen molar-refractivity contribution in [3.8, 4) is 0 Å². The van der Waals surface area contributed by atoms with Crippen LogP contribution in [0.3, 0.4) is 0 Å². The van der Waals surface area contributed by atoms with Crippen LogP contribution in [0.25, 0.3) is 10.9 Å². The average Bonchev–Trinajstić information content (AvgIpc) is 2.83. The van der Waals surface area contributed by atoms with Gasteiger partial charge in [-0.05, 0) is 18.6 Å². The zero-order valence-electron chi connectivity index (χ0n) is 13.3. The molecule has 0 aliphatic carbocycles. The van der Waals surface area contributed by atoms with E-state index >= 15 is 0 Å². The lowest BCUT2D eigenvalue weighted by Gasteiger charge is -2.22. The zero-order valence-corrected chi connectivity index (χ0v) is 14.8. The zero-order chi connectivity index (χ0) is 16.2. The first-order valence-corrected chi connectivity index (χ1v) is 8.84. The van der Waals surface area contributed by atoms with Gasteiger partial charge in [-0.15, -0.1) is 0 Å². The largest absolute Gasteiger partial charge is 0.342 e. The van der Waals surface area contributed by atoms with Gasteiger partial charge in [0.25, 0.3) is 0 Å². The summed E-state index contributed by atoms with van der Waals surface area (Å²) in [4.78, 5) is 8.93. The molecule has 2 heterocycles. The van der Waals surface area contributed by atoms with E-state index < -0.39 is 0 Å². The SMILES string of the molecule is CCCCCN1CN(Cc2ccc3ccccc3n2)C(Cl)=C1Cl. The van der Waals surface area contributed by atoms with Gasteiger partial charge in [-0.2, -0.15) is 0 Å². The first-order valence-electron chi connectivity index (χ1n) is 8.09. The molecule has 0 radical (unpaired) electrons. The highest BCUT2D eigenvalue weighted by Gasteiger charge is 2.26. The first kappa shape index (κ1) is 16.4. The average molecular weight is 350 g/mol. The van der Waals surface area contributed by atoms with Gasteiger partial charge in [0.15, 0.2) is 0 Å². The summed E-state index contributed by atoms with van der Waals surface area (Å²) >= 11 is 12.8. The number of aromatic nitrogens is 1. The molecular formula is C18H21Cl2N3. The summed E-state index contributed by atoms with van der Waals surface area (Å²) in [5, 5.41) is 2.43. The number of unbranched alkanes of at least 4 members (excludes halogenated alkanes) is 2. The van der Waals surface area contributed by atoms with Gasteiger partial charge in [0.1, 0.15) is 10.3 Å². The normalized spacial score (nSPS) is 15.1. The maximum Gasteiger partial charge on any atom is 0.142 e. The summed E-state index contributed by atoms with van der Waals surface area (Å²) in [7, 11) is 0. The van der Waals surface area contributed by atoms with E-state index in [2.05, 4.69) is 34.9 Å². The third kappa shape index (κ3) is 3.73. The number of fused-ring (bicyclic) bond motifs is 1. The molecule has 0 amide bonds. The predicted octanol–water partition coefficient (Wildman–Crippen LogP) is 5.10. The van der Waals surface area contributed by atoms with E-state index in [1.165, 1.54) is 12.8 Å². The van der Waals surface area contributed by atoms with E-state index in [4.69, 9.17) is 28.2 Å². The molecule has 1 aliphatic heterocycles. The molecule has 0 spiro atoms. The molecule has 1 aliphatic rings. The van der Waals surface area contributed by atoms with Crippen LogP contribution in [-0.4, -0.2) is 28.0 Å². The number of benzene rings is 1. The number of hydrogen-bond donors (Lipinski definition) is 0. The van der Waals surface area contributed by atoms with Crippen molar-refractivity contribution in [1.29, 1.82) is 0 Å². The van der Waals surface area contributed by atoms with Crippen LogP contribution in [0.5, 0.6) is 0 Å². The van der Waals surface area contributed by atoms with Crippen molar-refractivity contribution in [2.45, 2.75) is 32.7 Å². The van der Waals surface area contributed by atoms with Gasteiger partial charge in [-0.3, -0.25) is 4.98 Å². The number of pyridine rings is 1. The molecule has 0 atom stereocenters. The van der Waals surface area contributed by atoms with Crippen LogP contribution in [0.15, 0.2) is 46.7 Å². The number of halogens is 2. The van der Waals surface area contributed by atoms with Crippen LogP contribution < -0.4 is 0 Å². The summed E-state index contributed by atoms with van der Waals surface area (Å²) in [5.74, 6) is 0. The minimum atomic E-state index is 0.623. The Hall–Kier alpha value is -1.45. The van der Waals surface area contributed by atoms with Crippen LogP contribution >= 0.6 is 23.2 Å². The highest BCUT2D eigenvalue weighted by molar-refractivity contribution is 6.38. The fourth-order valence-corrected chi connectivity index (χ4v) is 3.31. The molecule has 0 saturated carbocycles. The minimum absolute atomic E-state index is 0.623. The summed E-state index contributed by atoms with van der Waals surface area (Å²) in [6, 6.07) is 12.3. The van der Waals surface area contributed by atoms with Crippen molar-refractivity contribution in [2.75, 3.05) is 13.2 Å². The highest BCUT2D eigenvalue weighted by Crippen LogP contribution is 2.31. The second-order valence-electron chi connectivity index (χ2n) is 5.89. The molecule has 1 aromatic heterocycles. The monoisotopic (exact) mass is 349 g/mol. The Morgan fingerprint density at radius 1 is 1.00 bits per heavy atom. The lowest BCUT2D eigenvalue weighted by Crippen LogP contribution is -2.27. The van der Waals surface area contributed by atoms with Crippen LogP contribution in [0, 0.1) is 0 Å². The van der Waals surface area contributed by atoms with Crippen LogP contribution in [0.1, 0.15) is 31.9 Å². The molecule has 0 saturated heterocycles. The van der Waals surface area contributed by atoms with Gasteiger partial charge in [-0.25, -0.2) is 0 Å². The Balaban J connectivity index is 1.69. The molecular weight excluding hydrogens is 329 g/mol. The molecule has 0 N–H and O–H groups in total. The molecule has 5 heteroatoms. The number of para-hydroxylation sites is 1. The molecule has 3 nitrogen and oxygen atoms in total. The van der Waals surface area contributed by atoms with Crippen LogP contribution in [-0.2, 0) is 6.54 Å². The lowest BCUT2D eigenvalue weighted by molar-refractivity contribution is 0.248. The summed E-state index contributed by atoms with van der Waals surface area (Å²) in [6.45, 7) is 4.55. The van der Waals surface area contributed by atoms with E-state index in [1.54, 1.807) is 0 Å². The van der Waals surface area contributed by atoms with Gasteiger partial charge in [0, 0.05) is 11.9 Å². The third-order valence-electron chi connectivity index (χ3n) is 4.11. The first-order chi connectivity index (χ1) is 11.2. The number of rotatable bonds is 6.